The molecule has 0 aliphatic heterocycles. The van der Waals surface area contributed by atoms with Gasteiger partial charge in [0.05, 0.1) is 0 Å². The van der Waals surface area contributed by atoms with Gasteiger partial charge in [0.25, 0.3) is 0 Å². The van der Waals surface area contributed by atoms with Crippen molar-refractivity contribution in [1.29, 1.82) is 0 Å². The van der Waals surface area contributed by atoms with Gasteiger partial charge in [0.2, 0.25) is 0 Å². The van der Waals surface area contributed by atoms with Gasteiger partial charge in [-0.05, 0) is 35.4 Å². The van der Waals surface area contributed by atoms with Crippen LogP contribution in [0.2, 0.25) is 0 Å². The van der Waals surface area contributed by atoms with Gasteiger partial charge in [0.15, 0.2) is 11.5 Å². The van der Waals surface area contributed by atoms with Crippen molar-refractivity contribution < 1.29 is 10.2 Å². The molecule has 0 aliphatic carbocycles. The maximum Gasteiger partial charge on any atom is 0.158 e. The van der Waals surface area contributed by atoms with E-state index in [1.807, 2.05) is 24.3 Å². The summed E-state index contributed by atoms with van der Waals surface area (Å²) >= 11 is 0. The highest BCUT2D eigenvalue weighted by Gasteiger charge is 2.12. The van der Waals surface area contributed by atoms with Crippen molar-refractivity contribution in [2.45, 2.75) is 0 Å². The van der Waals surface area contributed by atoms with Gasteiger partial charge in [-0.3, -0.25) is 9.97 Å². The van der Waals surface area contributed by atoms with Gasteiger partial charge in [-0.1, -0.05) is 12.1 Å². The zero-order chi connectivity index (χ0) is 13.9. The van der Waals surface area contributed by atoms with E-state index >= 15 is 0 Å². The Kier molecular flexibility index (Phi) is 3.05. The number of aromatic nitrogens is 2. The molecule has 0 radical (unpaired) electrons. The SMILES string of the molecule is Oc1cc(-c2cccnc2)c(-c2cccnc2)cc1O. The summed E-state index contributed by atoms with van der Waals surface area (Å²) in [4.78, 5) is 8.18. The maximum atomic E-state index is 9.75. The van der Waals surface area contributed by atoms with Gasteiger partial charge >= 0.3 is 0 Å². The topological polar surface area (TPSA) is 66.2 Å². The van der Waals surface area contributed by atoms with E-state index in [2.05, 4.69) is 9.97 Å². The molecule has 4 nitrogen and oxygen atoms in total. The minimum Gasteiger partial charge on any atom is -0.504 e. The van der Waals surface area contributed by atoms with Crippen LogP contribution in [-0.2, 0) is 0 Å². The van der Waals surface area contributed by atoms with Gasteiger partial charge in [0, 0.05) is 35.9 Å². The number of pyridine rings is 2. The molecule has 0 spiro atoms. The molecule has 0 fully saturated rings. The first-order valence-electron chi connectivity index (χ1n) is 6.12. The first kappa shape index (κ1) is 12.2. The largest absolute Gasteiger partial charge is 0.504 e. The van der Waals surface area contributed by atoms with Gasteiger partial charge in [-0.25, -0.2) is 0 Å². The molecule has 1 aromatic carbocycles. The number of phenols is 2. The molecule has 3 rings (SSSR count). The molecule has 0 unspecified atom stereocenters. The molecule has 3 aromatic rings. The molecular formula is C16H12N2O2. The summed E-state index contributed by atoms with van der Waals surface area (Å²) in [5.41, 5.74) is 3.31. The Labute approximate surface area is 116 Å². The Morgan fingerprint density at radius 1 is 0.700 bits per heavy atom. The zero-order valence-corrected chi connectivity index (χ0v) is 10.6. The third kappa shape index (κ3) is 2.19. The van der Waals surface area contributed by atoms with Crippen molar-refractivity contribution in [1.82, 2.24) is 9.97 Å². The maximum absolute atomic E-state index is 9.75. The van der Waals surface area contributed by atoms with Crippen LogP contribution in [-0.4, -0.2) is 20.2 Å². The summed E-state index contributed by atoms with van der Waals surface area (Å²) in [6, 6.07) is 10.5. The highest BCUT2D eigenvalue weighted by molar-refractivity contribution is 5.85. The van der Waals surface area contributed by atoms with E-state index in [9.17, 15) is 10.2 Å². The molecule has 0 amide bonds. The molecule has 0 aliphatic rings. The van der Waals surface area contributed by atoms with Crippen molar-refractivity contribution in [3.8, 4) is 33.8 Å². The molecule has 0 saturated heterocycles. The summed E-state index contributed by atoms with van der Waals surface area (Å²) in [5, 5.41) is 19.5. The van der Waals surface area contributed by atoms with Crippen molar-refractivity contribution in [3.63, 3.8) is 0 Å². The van der Waals surface area contributed by atoms with E-state index in [4.69, 9.17) is 0 Å². The first-order valence-corrected chi connectivity index (χ1v) is 6.12. The van der Waals surface area contributed by atoms with Crippen LogP contribution in [0.3, 0.4) is 0 Å². The average Bonchev–Trinajstić information content (AvgIpc) is 2.51. The van der Waals surface area contributed by atoms with E-state index in [1.165, 1.54) is 12.1 Å². The lowest BCUT2D eigenvalue weighted by molar-refractivity contribution is 0.404. The van der Waals surface area contributed by atoms with E-state index < -0.39 is 0 Å². The summed E-state index contributed by atoms with van der Waals surface area (Å²) in [5.74, 6) is -0.312. The lowest BCUT2D eigenvalue weighted by atomic mass is 9.96. The Morgan fingerprint density at radius 2 is 1.15 bits per heavy atom. The Hall–Kier alpha value is -2.88. The van der Waals surface area contributed by atoms with Crippen molar-refractivity contribution in [2.24, 2.45) is 0 Å². The van der Waals surface area contributed by atoms with E-state index in [0.29, 0.717) is 0 Å². The van der Waals surface area contributed by atoms with Crippen molar-refractivity contribution in [3.05, 3.63) is 61.2 Å². The van der Waals surface area contributed by atoms with Crippen LogP contribution in [0.4, 0.5) is 0 Å². The van der Waals surface area contributed by atoms with E-state index in [-0.39, 0.29) is 11.5 Å². The van der Waals surface area contributed by atoms with Crippen LogP contribution in [0, 0.1) is 0 Å². The fourth-order valence-electron chi connectivity index (χ4n) is 2.10. The quantitative estimate of drug-likeness (QED) is 0.697. The molecule has 0 saturated carbocycles. The smallest absolute Gasteiger partial charge is 0.158 e. The molecule has 2 heterocycles. The lowest BCUT2D eigenvalue weighted by Gasteiger charge is -2.11. The highest BCUT2D eigenvalue weighted by Crippen LogP contribution is 2.39. The number of aromatic hydroxyl groups is 2. The normalized spacial score (nSPS) is 10.4. The second kappa shape index (κ2) is 5.01. The Bertz CT molecular complexity index is 664. The van der Waals surface area contributed by atoms with Gasteiger partial charge < -0.3 is 10.2 Å². The first-order chi connectivity index (χ1) is 9.75. The van der Waals surface area contributed by atoms with Crippen molar-refractivity contribution >= 4 is 0 Å². The van der Waals surface area contributed by atoms with Crippen LogP contribution in [0.1, 0.15) is 0 Å². The van der Waals surface area contributed by atoms with Crippen LogP contribution >= 0.6 is 0 Å². The Balaban J connectivity index is 2.26. The van der Waals surface area contributed by atoms with Gasteiger partial charge in [-0.15, -0.1) is 0 Å². The number of phenolic OH excluding ortho intramolecular Hbond substituents is 2. The number of hydrogen-bond acceptors (Lipinski definition) is 4. The third-order valence-electron chi connectivity index (χ3n) is 3.06. The van der Waals surface area contributed by atoms with Gasteiger partial charge in [0.1, 0.15) is 0 Å². The monoisotopic (exact) mass is 264 g/mol. The minimum atomic E-state index is -0.156. The van der Waals surface area contributed by atoms with Crippen LogP contribution in [0.15, 0.2) is 61.2 Å². The minimum absolute atomic E-state index is 0.156. The highest BCUT2D eigenvalue weighted by atomic mass is 16.3. The molecule has 2 N–H and O–H groups in total. The predicted octanol–water partition coefficient (Wildman–Crippen LogP) is 3.22. The summed E-state index contributed by atoms with van der Waals surface area (Å²) in [6.45, 7) is 0. The molecule has 0 bridgehead atoms. The molecule has 98 valence electrons. The predicted molar refractivity (Wildman–Crippen MR) is 76.2 cm³/mol. The fraction of sp³-hybridized carbons (Fsp3) is 0. The molecular weight excluding hydrogens is 252 g/mol. The Morgan fingerprint density at radius 3 is 1.50 bits per heavy atom. The number of benzene rings is 1. The second-order valence-electron chi connectivity index (χ2n) is 4.37. The molecule has 20 heavy (non-hydrogen) atoms. The standard InChI is InChI=1S/C16H12N2O2/c19-15-7-13(11-3-1-5-17-9-11)14(8-16(15)20)12-4-2-6-18-10-12/h1-10,19-20H. The number of rotatable bonds is 2. The summed E-state index contributed by atoms with van der Waals surface area (Å²) < 4.78 is 0. The van der Waals surface area contributed by atoms with Crippen LogP contribution < -0.4 is 0 Å². The molecule has 2 aromatic heterocycles. The third-order valence-corrected chi connectivity index (χ3v) is 3.06. The summed E-state index contributed by atoms with van der Waals surface area (Å²) in [7, 11) is 0. The van der Waals surface area contributed by atoms with Gasteiger partial charge in [-0.2, -0.15) is 0 Å². The zero-order valence-electron chi connectivity index (χ0n) is 10.6. The number of nitrogens with zero attached hydrogens (tertiary/aromatic N) is 2. The molecule has 4 heteroatoms. The fourth-order valence-corrected chi connectivity index (χ4v) is 2.10. The van der Waals surface area contributed by atoms with Crippen LogP contribution in [0.5, 0.6) is 11.5 Å². The van der Waals surface area contributed by atoms with E-state index in [1.54, 1.807) is 24.8 Å². The second-order valence-corrected chi connectivity index (χ2v) is 4.37. The molecule has 0 atom stereocenters. The van der Waals surface area contributed by atoms with Crippen molar-refractivity contribution in [2.75, 3.05) is 0 Å². The number of hydrogen-bond donors (Lipinski definition) is 2. The summed E-state index contributed by atoms with van der Waals surface area (Å²) in [6.07, 6.45) is 6.80. The van der Waals surface area contributed by atoms with E-state index in [0.717, 1.165) is 22.3 Å². The van der Waals surface area contributed by atoms with Crippen LogP contribution in [0.25, 0.3) is 22.3 Å². The average molecular weight is 264 g/mol. The lowest BCUT2D eigenvalue weighted by Crippen LogP contribution is -1.87.